The molecule has 1 aliphatic carbocycles. The van der Waals surface area contributed by atoms with E-state index in [-0.39, 0.29) is 5.41 Å². The largest absolute Gasteiger partial charge is 0.310 e. The first-order valence-corrected chi connectivity index (χ1v) is 22.6. The minimum atomic E-state index is -0.279. The number of rotatable bonds is 8. The highest BCUT2D eigenvalue weighted by atomic mass is 15.1. The average molecular weight is 828 g/mol. The van der Waals surface area contributed by atoms with Gasteiger partial charge < -0.3 is 4.90 Å². The Morgan fingerprint density at radius 1 is 0.292 bits per heavy atom. The van der Waals surface area contributed by atoms with Crippen LogP contribution in [0.3, 0.4) is 0 Å². The second kappa shape index (κ2) is 15.8. The highest BCUT2D eigenvalue weighted by Gasteiger charge is 2.41. The van der Waals surface area contributed by atoms with Crippen LogP contribution >= 0.6 is 0 Å². The molecule has 1 unspecified atom stereocenters. The quantitative estimate of drug-likeness (QED) is 0.138. The maximum atomic E-state index is 2.46. The van der Waals surface area contributed by atoms with Gasteiger partial charge in [-0.3, -0.25) is 0 Å². The van der Waals surface area contributed by atoms with Gasteiger partial charge in [-0.15, -0.1) is 0 Å². The van der Waals surface area contributed by atoms with Crippen LogP contribution < -0.4 is 4.90 Å². The minimum Gasteiger partial charge on any atom is -0.310 e. The normalized spacial score (nSPS) is 14.0. The predicted octanol–water partition coefficient (Wildman–Crippen LogP) is 17.5. The van der Waals surface area contributed by atoms with E-state index in [9.17, 15) is 0 Å². The van der Waals surface area contributed by atoms with Crippen molar-refractivity contribution in [1.29, 1.82) is 0 Å². The molecular weight excluding hydrogens is 783 g/mol. The van der Waals surface area contributed by atoms with E-state index in [4.69, 9.17) is 0 Å². The number of nitrogens with zero attached hydrogens (tertiary/aromatic N) is 1. The minimum absolute atomic E-state index is 0.279. The summed E-state index contributed by atoms with van der Waals surface area (Å²) in [6, 6.07) is 93.6. The number of anilines is 3. The molecule has 1 nitrogen and oxygen atoms in total. The van der Waals surface area contributed by atoms with Crippen molar-refractivity contribution in [3.8, 4) is 55.6 Å². The predicted molar refractivity (Wildman–Crippen MR) is 275 cm³/mol. The van der Waals surface area contributed by atoms with E-state index in [2.05, 4.69) is 267 Å². The van der Waals surface area contributed by atoms with Crippen molar-refractivity contribution in [2.24, 2.45) is 0 Å². The molecule has 0 bridgehead atoms. The molecule has 0 heterocycles. The van der Waals surface area contributed by atoms with Crippen LogP contribution in [0.5, 0.6) is 0 Å². The van der Waals surface area contributed by atoms with Crippen molar-refractivity contribution in [2.75, 3.05) is 4.90 Å². The summed E-state index contributed by atoms with van der Waals surface area (Å²) < 4.78 is 0. The lowest BCUT2D eigenvalue weighted by molar-refractivity contribution is 0.714. The Kier molecular flexibility index (Phi) is 9.35. The molecule has 11 aromatic rings. The van der Waals surface area contributed by atoms with Crippen molar-refractivity contribution in [1.82, 2.24) is 0 Å². The Morgan fingerprint density at radius 3 is 1.52 bits per heavy atom. The average Bonchev–Trinajstić information content (AvgIpc) is 3.65. The van der Waals surface area contributed by atoms with Gasteiger partial charge in [-0.25, -0.2) is 0 Å². The second-order valence-corrected chi connectivity index (χ2v) is 17.3. The molecule has 12 rings (SSSR count). The molecule has 11 aromatic carbocycles. The summed E-state index contributed by atoms with van der Waals surface area (Å²) in [7, 11) is 0. The molecule has 1 heteroatoms. The third-order valence-electron chi connectivity index (χ3n) is 13.7. The number of fused-ring (bicyclic) bond motifs is 6. The van der Waals surface area contributed by atoms with Crippen LogP contribution in [-0.2, 0) is 5.41 Å². The Bertz CT molecular complexity index is 3540. The maximum Gasteiger partial charge on any atom is 0.0540 e. The second-order valence-electron chi connectivity index (χ2n) is 17.3. The molecule has 0 saturated heterocycles. The van der Waals surface area contributed by atoms with E-state index in [1.807, 2.05) is 0 Å². The molecule has 0 radical (unpaired) electrons. The van der Waals surface area contributed by atoms with Crippen LogP contribution in [-0.4, -0.2) is 0 Å². The van der Waals surface area contributed by atoms with Gasteiger partial charge in [0.25, 0.3) is 0 Å². The number of hydrogen-bond acceptors (Lipinski definition) is 1. The molecule has 0 amide bonds. The fourth-order valence-corrected chi connectivity index (χ4v) is 10.7. The lowest BCUT2D eigenvalue weighted by Gasteiger charge is -2.30. The molecule has 0 aromatic heterocycles. The van der Waals surface area contributed by atoms with Gasteiger partial charge in [0.1, 0.15) is 0 Å². The summed E-state index contributed by atoms with van der Waals surface area (Å²) >= 11 is 0. The molecule has 0 fully saturated rings. The smallest absolute Gasteiger partial charge is 0.0540 e. The summed E-state index contributed by atoms with van der Waals surface area (Å²) in [5.41, 5.74) is 19.2. The molecule has 0 N–H and O–H groups in total. The molecule has 1 aliphatic rings. The lowest BCUT2D eigenvalue weighted by atomic mass is 9.74. The highest BCUT2D eigenvalue weighted by molar-refractivity contribution is 6.22. The molecule has 65 heavy (non-hydrogen) atoms. The summed E-state index contributed by atoms with van der Waals surface area (Å²) in [6.45, 7) is 2.39. The van der Waals surface area contributed by atoms with Crippen LogP contribution in [0.1, 0.15) is 23.6 Å². The number of para-hydroxylation sites is 1. The highest BCUT2D eigenvalue weighted by Crippen LogP contribution is 2.54. The van der Waals surface area contributed by atoms with E-state index in [1.54, 1.807) is 0 Å². The summed E-state index contributed by atoms with van der Waals surface area (Å²) in [5, 5.41) is 5.00. The first-order valence-electron chi connectivity index (χ1n) is 22.6. The van der Waals surface area contributed by atoms with Crippen LogP contribution in [0.25, 0.3) is 77.2 Å². The van der Waals surface area contributed by atoms with E-state index < -0.39 is 0 Å². The van der Waals surface area contributed by atoms with Crippen LogP contribution in [0.15, 0.2) is 255 Å². The van der Waals surface area contributed by atoms with Crippen molar-refractivity contribution in [3.05, 3.63) is 271 Å². The van der Waals surface area contributed by atoms with Gasteiger partial charge in [-0.2, -0.15) is 0 Å². The Labute approximate surface area is 381 Å². The molecule has 0 saturated carbocycles. The SMILES string of the molecule is CC1(c2ccccc2)c2ccccc2-c2cc(N(c3cccc(-c4ccc5c(c4)c(-c4ccccc4)c(-c4ccccc4)c4ccccc45)c3)c3ccccc3-c3ccccc3)ccc21. The molecule has 0 spiro atoms. The Balaban J connectivity index is 1.07. The van der Waals surface area contributed by atoms with Crippen molar-refractivity contribution >= 4 is 38.6 Å². The van der Waals surface area contributed by atoms with Crippen molar-refractivity contribution in [3.63, 3.8) is 0 Å². The maximum absolute atomic E-state index is 2.46. The van der Waals surface area contributed by atoms with E-state index in [0.29, 0.717) is 0 Å². The molecule has 0 aliphatic heterocycles. The third kappa shape index (κ3) is 6.39. The number of benzene rings is 11. The van der Waals surface area contributed by atoms with E-state index in [1.165, 1.54) is 88.3 Å². The van der Waals surface area contributed by atoms with Crippen LogP contribution in [0.4, 0.5) is 17.1 Å². The lowest BCUT2D eigenvalue weighted by Crippen LogP contribution is -2.22. The van der Waals surface area contributed by atoms with Gasteiger partial charge in [-0.05, 0) is 132 Å². The van der Waals surface area contributed by atoms with Gasteiger partial charge in [0, 0.05) is 22.4 Å². The van der Waals surface area contributed by atoms with Gasteiger partial charge in [0.05, 0.1) is 5.69 Å². The van der Waals surface area contributed by atoms with E-state index >= 15 is 0 Å². The molecular formula is C64H45N. The van der Waals surface area contributed by atoms with Crippen molar-refractivity contribution < 1.29 is 0 Å². The zero-order valence-electron chi connectivity index (χ0n) is 36.2. The monoisotopic (exact) mass is 827 g/mol. The first-order chi connectivity index (χ1) is 32.1. The van der Waals surface area contributed by atoms with Crippen molar-refractivity contribution in [2.45, 2.75) is 12.3 Å². The van der Waals surface area contributed by atoms with Gasteiger partial charge in [0.2, 0.25) is 0 Å². The summed E-state index contributed by atoms with van der Waals surface area (Å²) in [5.74, 6) is 0. The zero-order chi connectivity index (χ0) is 43.3. The summed E-state index contributed by atoms with van der Waals surface area (Å²) in [4.78, 5) is 2.46. The Hall–Kier alpha value is -8.26. The van der Waals surface area contributed by atoms with Gasteiger partial charge >= 0.3 is 0 Å². The standard InChI is InChI=1S/C64H45N/c1-64(49-28-12-5-13-29-49)59-35-18-16-33-55(59)57-43-51(38-40-60(57)64)65(61-36-19-17-31-52(61)44-21-6-2-7-22-44)50-30-20-27-47(41-50)48-37-39-54-53-32-14-15-34-56(53)62(45-23-8-3-9-24-45)63(58(54)42-48)46-25-10-4-11-26-46/h2-43H,1H3. The Morgan fingerprint density at radius 2 is 0.800 bits per heavy atom. The topological polar surface area (TPSA) is 3.24 Å². The third-order valence-corrected chi connectivity index (χ3v) is 13.7. The fourth-order valence-electron chi connectivity index (χ4n) is 10.7. The number of hydrogen-bond donors (Lipinski definition) is 0. The van der Waals surface area contributed by atoms with Crippen LogP contribution in [0.2, 0.25) is 0 Å². The summed E-state index contributed by atoms with van der Waals surface area (Å²) in [6.07, 6.45) is 0. The fraction of sp³-hybridized carbons (Fsp3) is 0.0312. The van der Waals surface area contributed by atoms with E-state index in [0.717, 1.165) is 22.6 Å². The first kappa shape index (κ1) is 38.4. The molecule has 306 valence electrons. The van der Waals surface area contributed by atoms with Crippen LogP contribution in [0, 0.1) is 0 Å². The zero-order valence-corrected chi connectivity index (χ0v) is 36.2. The molecule has 1 atom stereocenters. The van der Waals surface area contributed by atoms with Gasteiger partial charge in [-0.1, -0.05) is 218 Å². The van der Waals surface area contributed by atoms with Gasteiger partial charge in [0.15, 0.2) is 0 Å².